The van der Waals surface area contributed by atoms with E-state index in [1.54, 1.807) is 19.2 Å². The largest absolute Gasteiger partial charge is 0.497 e. The number of nitrogens with one attached hydrogen (secondary N) is 1. The van der Waals surface area contributed by atoms with Crippen LogP contribution in [0.4, 0.5) is 5.69 Å². The molecule has 0 radical (unpaired) electrons. The fourth-order valence-corrected chi connectivity index (χ4v) is 5.12. The summed E-state index contributed by atoms with van der Waals surface area (Å²) in [6.07, 6.45) is 0. The Morgan fingerprint density at radius 2 is 1.60 bits per heavy atom. The lowest BCUT2D eigenvalue weighted by molar-refractivity contribution is 0.262. The van der Waals surface area contributed by atoms with Crippen molar-refractivity contribution in [2.24, 2.45) is 0 Å². The van der Waals surface area contributed by atoms with Gasteiger partial charge < -0.3 is 9.64 Å². The third-order valence-corrected chi connectivity index (χ3v) is 7.09. The van der Waals surface area contributed by atoms with E-state index in [9.17, 15) is 8.42 Å². The molecule has 1 saturated heterocycles. The maximum Gasteiger partial charge on any atom is 0.241 e. The summed E-state index contributed by atoms with van der Waals surface area (Å²) in [4.78, 5) is 4.98. The molecule has 3 aromatic rings. The molecule has 1 N–H and O–H groups in total. The number of hydrogen-bond donors (Lipinski definition) is 1. The molecule has 6 nitrogen and oxygen atoms in total. The van der Waals surface area contributed by atoms with E-state index in [1.807, 2.05) is 42.5 Å². The molecule has 0 bridgehead atoms. The highest BCUT2D eigenvalue weighted by Gasteiger charge is 2.20. The average Bonchev–Trinajstić information content (AvgIpc) is 2.79. The number of ether oxygens (including phenoxy) is 1. The van der Waals surface area contributed by atoms with Gasteiger partial charge in [-0.25, -0.2) is 13.1 Å². The van der Waals surface area contributed by atoms with Gasteiger partial charge in [-0.3, -0.25) is 4.90 Å². The molecule has 30 heavy (non-hydrogen) atoms. The van der Waals surface area contributed by atoms with Crippen molar-refractivity contribution >= 4 is 26.5 Å². The van der Waals surface area contributed by atoms with E-state index in [-0.39, 0.29) is 0 Å². The lowest BCUT2D eigenvalue weighted by Crippen LogP contribution is -2.48. The minimum Gasteiger partial charge on any atom is -0.497 e. The fourth-order valence-electron chi connectivity index (χ4n) is 3.87. The Morgan fingerprint density at radius 3 is 2.33 bits per heavy atom. The highest BCUT2D eigenvalue weighted by Crippen LogP contribution is 2.23. The van der Waals surface area contributed by atoms with Gasteiger partial charge in [0.1, 0.15) is 5.75 Å². The Hall–Kier alpha value is -2.61. The van der Waals surface area contributed by atoms with Crippen LogP contribution in [0, 0.1) is 0 Å². The Morgan fingerprint density at radius 1 is 0.900 bits per heavy atom. The van der Waals surface area contributed by atoms with Crippen molar-refractivity contribution in [2.75, 3.05) is 51.3 Å². The molecule has 4 rings (SSSR count). The van der Waals surface area contributed by atoms with E-state index in [0.717, 1.165) is 42.7 Å². The summed E-state index contributed by atoms with van der Waals surface area (Å²) in [6.45, 7) is 4.74. The summed E-state index contributed by atoms with van der Waals surface area (Å²) in [5.74, 6) is 0.857. The smallest absolute Gasteiger partial charge is 0.241 e. The Kier molecular flexibility index (Phi) is 6.22. The molecule has 158 valence electrons. The lowest BCUT2D eigenvalue weighted by atomic mass is 10.1. The molecule has 1 heterocycles. The predicted octanol–water partition coefficient (Wildman–Crippen LogP) is 2.95. The second-order valence-electron chi connectivity index (χ2n) is 7.40. The highest BCUT2D eigenvalue weighted by atomic mass is 32.2. The topological polar surface area (TPSA) is 61.9 Å². The Labute approximate surface area is 178 Å². The number of hydrogen-bond acceptors (Lipinski definition) is 5. The van der Waals surface area contributed by atoms with Gasteiger partial charge in [0.2, 0.25) is 10.0 Å². The van der Waals surface area contributed by atoms with Gasteiger partial charge in [-0.15, -0.1) is 0 Å². The summed E-state index contributed by atoms with van der Waals surface area (Å²) >= 11 is 0. The van der Waals surface area contributed by atoms with Gasteiger partial charge in [-0.1, -0.05) is 36.4 Å². The third kappa shape index (κ3) is 4.59. The molecule has 1 aliphatic rings. The quantitative estimate of drug-likeness (QED) is 0.631. The first-order chi connectivity index (χ1) is 14.6. The Bertz CT molecular complexity index is 1090. The number of anilines is 1. The first-order valence-corrected chi connectivity index (χ1v) is 11.6. The second kappa shape index (κ2) is 9.04. The zero-order valence-electron chi connectivity index (χ0n) is 17.1. The molecule has 0 unspecified atom stereocenters. The van der Waals surface area contributed by atoms with E-state index >= 15 is 0 Å². The van der Waals surface area contributed by atoms with Crippen LogP contribution in [0.3, 0.4) is 0 Å². The number of sulfonamides is 1. The standard InChI is InChI=1S/C23H27N3O3S/c1-29-21-11-9-20(10-12-21)26-17-15-25(16-18-26)14-13-24-30(27,28)23-8-4-6-19-5-2-3-7-22(19)23/h2-12,24H,13-18H2,1H3. The number of methoxy groups -OCH3 is 1. The molecule has 0 atom stereocenters. The van der Waals surface area contributed by atoms with Crippen LogP contribution in [0.2, 0.25) is 0 Å². The van der Waals surface area contributed by atoms with Crippen molar-refractivity contribution in [3.63, 3.8) is 0 Å². The summed E-state index contributed by atoms with van der Waals surface area (Å²) < 4.78 is 33.6. The van der Waals surface area contributed by atoms with Crippen LogP contribution < -0.4 is 14.4 Å². The molecular weight excluding hydrogens is 398 g/mol. The van der Waals surface area contributed by atoms with Crippen molar-refractivity contribution in [3.8, 4) is 5.75 Å². The van der Waals surface area contributed by atoms with Gasteiger partial charge in [0.25, 0.3) is 0 Å². The molecule has 3 aromatic carbocycles. The normalized spacial score (nSPS) is 15.4. The van der Waals surface area contributed by atoms with E-state index < -0.39 is 10.0 Å². The second-order valence-corrected chi connectivity index (χ2v) is 9.14. The van der Waals surface area contributed by atoms with Crippen molar-refractivity contribution in [2.45, 2.75) is 4.90 Å². The number of piperazine rings is 1. The van der Waals surface area contributed by atoms with Crippen LogP contribution >= 0.6 is 0 Å². The van der Waals surface area contributed by atoms with Crippen LogP contribution in [0.5, 0.6) is 5.75 Å². The number of nitrogens with zero attached hydrogens (tertiary/aromatic N) is 2. The van der Waals surface area contributed by atoms with Crippen LogP contribution in [-0.4, -0.2) is 59.7 Å². The molecule has 1 fully saturated rings. The van der Waals surface area contributed by atoms with Gasteiger partial charge in [0.05, 0.1) is 12.0 Å². The predicted molar refractivity (Wildman–Crippen MR) is 121 cm³/mol. The van der Waals surface area contributed by atoms with Gasteiger partial charge >= 0.3 is 0 Å². The van der Waals surface area contributed by atoms with E-state index in [4.69, 9.17) is 4.74 Å². The molecule has 0 amide bonds. The van der Waals surface area contributed by atoms with Gasteiger partial charge in [-0.05, 0) is 35.7 Å². The molecule has 0 aromatic heterocycles. The first-order valence-electron chi connectivity index (χ1n) is 10.2. The lowest BCUT2D eigenvalue weighted by Gasteiger charge is -2.36. The minimum absolute atomic E-state index is 0.338. The number of benzene rings is 3. The van der Waals surface area contributed by atoms with Crippen molar-refractivity contribution in [1.29, 1.82) is 0 Å². The molecule has 7 heteroatoms. The van der Waals surface area contributed by atoms with Crippen molar-refractivity contribution in [1.82, 2.24) is 9.62 Å². The van der Waals surface area contributed by atoms with E-state index in [2.05, 4.69) is 26.7 Å². The van der Waals surface area contributed by atoms with Gasteiger partial charge in [0.15, 0.2) is 0 Å². The third-order valence-electron chi connectivity index (χ3n) is 5.57. The molecule has 0 saturated carbocycles. The van der Waals surface area contributed by atoms with Gasteiger partial charge in [-0.2, -0.15) is 0 Å². The SMILES string of the molecule is COc1ccc(N2CCN(CCNS(=O)(=O)c3cccc4ccccc34)CC2)cc1. The van der Waals surface area contributed by atoms with E-state index in [0.29, 0.717) is 18.0 Å². The summed E-state index contributed by atoms with van der Waals surface area (Å²) in [5, 5.41) is 1.68. The zero-order chi connectivity index (χ0) is 21.0. The fraction of sp³-hybridized carbons (Fsp3) is 0.304. The van der Waals surface area contributed by atoms with Crippen molar-refractivity contribution in [3.05, 3.63) is 66.7 Å². The number of rotatable bonds is 7. The van der Waals surface area contributed by atoms with Crippen LogP contribution in [0.25, 0.3) is 10.8 Å². The number of fused-ring (bicyclic) bond motifs is 1. The molecule has 0 aliphatic carbocycles. The summed E-state index contributed by atoms with van der Waals surface area (Å²) in [6, 6.07) is 21.0. The van der Waals surface area contributed by atoms with Crippen LogP contribution in [0.1, 0.15) is 0 Å². The van der Waals surface area contributed by atoms with Crippen molar-refractivity contribution < 1.29 is 13.2 Å². The van der Waals surface area contributed by atoms with Crippen LogP contribution in [-0.2, 0) is 10.0 Å². The zero-order valence-corrected chi connectivity index (χ0v) is 17.9. The highest BCUT2D eigenvalue weighted by molar-refractivity contribution is 7.89. The maximum absolute atomic E-state index is 12.8. The molecule has 1 aliphatic heterocycles. The summed E-state index contributed by atoms with van der Waals surface area (Å²) in [7, 11) is -1.88. The van der Waals surface area contributed by atoms with Crippen LogP contribution in [0.15, 0.2) is 71.6 Å². The van der Waals surface area contributed by atoms with Gasteiger partial charge in [0, 0.05) is 50.3 Å². The summed E-state index contributed by atoms with van der Waals surface area (Å²) in [5.41, 5.74) is 1.19. The average molecular weight is 426 g/mol. The monoisotopic (exact) mass is 425 g/mol. The Balaban J connectivity index is 1.30. The molecular formula is C23H27N3O3S. The first kappa shape index (κ1) is 20.7. The molecule has 0 spiro atoms. The maximum atomic E-state index is 12.8. The minimum atomic E-state index is -3.55. The van der Waals surface area contributed by atoms with E-state index in [1.165, 1.54) is 5.69 Å².